The first-order valence-electron chi connectivity index (χ1n) is 13.0. The number of para-hydroxylation sites is 2. The van der Waals surface area contributed by atoms with Crippen LogP contribution in [0.3, 0.4) is 0 Å². The van der Waals surface area contributed by atoms with Crippen molar-refractivity contribution in [3.63, 3.8) is 0 Å². The Balaban J connectivity index is 1.10. The van der Waals surface area contributed by atoms with E-state index in [1.807, 2.05) is 60.9 Å². The first-order chi connectivity index (χ1) is 19.1. The Bertz CT molecular complexity index is 1530. The molecule has 1 aromatic heterocycles. The smallest absolute Gasteiger partial charge is 0.225 e. The summed E-state index contributed by atoms with van der Waals surface area (Å²) in [4.78, 5) is 21.9. The number of halogens is 2. The normalized spacial score (nSPS) is 17.2. The second kappa shape index (κ2) is 10.6. The summed E-state index contributed by atoms with van der Waals surface area (Å²) in [6.45, 7) is 10.6. The Morgan fingerprint density at radius 1 is 0.769 bits per heavy atom. The molecule has 0 amide bonds. The molecular formula is C31H26F2N6. The molecule has 194 valence electrons. The van der Waals surface area contributed by atoms with E-state index in [2.05, 4.69) is 29.6 Å². The predicted octanol–water partition coefficient (Wildman–Crippen LogP) is 6.62. The van der Waals surface area contributed by atoms with Crippen LogP contribution in [0.4, 0.5) is 26.1 Å². The standard InChI is InChI=1S/C31H26F2N6/c1-34-27-7-2-3-8-29(27)38-15-17-39(18-16-38)31-35-19-23(20-36-31)21-9-11-22(12-10-21)26-13-14-28(37-26)30-24(32)5-4-6-25(30)33/h2-12,19-20,26H,13-18H2. The molecule has 0 N–H and O–H groups in total. The molecule has 1 saturated heterocycles. The molecule has 0 saturated carbocycles. The van der Waals surface area contributed by atoms with E-state index in [0.717, 1.165) is 55.0 Å². The van der Waals surface area contributed by atoms with Crippen molar-refractivity contribution in [2.24, 2.45) is 4.99 Å². The highest BCUT2D eigenvalue weighted by atomic mass is 19.1. The van der Waals surface area contributed by atoms with Crippen molar-refractivity contribution < 1.29 is 8.78 Å². The fourth-order valence-electron chi connectivity index (χ4n) is 5.30. The molecular weight excluding hydrogens is 494 g/mol. The number of benzene rings is 3. The highest BCUT2D eigenvalue weighted by molar-refractivity contribution is 6.02. The van der Waals surface area contributed by atoms with Crippen LogP contribution in [0.2, 0.25) is 0 Å². The zero-order chi connectivity index (χ0) is 26.8. The fourth-order valence-corrected chi connectivity index (χ4v) is 5.30. The van der Waals surface area contributed by atoms with E-state index in [1.165, 1.54) is 18.2 Å². The third-order valence-corrected chi connectivity index (χ3v) is 7.39. The van der Waals surface area contributed by atoms with Gasteiger partial charge in [-0.05, 0) is 42.2 Å². The van der Waals surface area contributed by atoms with Crippen LogP contribution in [0.5, 0.6) is 0 Å². The number of hydrogen-bond donors (Lipinski definition) is 0. The van der Waals surface area contributed by atoms with E-state index < -0.39 is 11.6 Å². The Morgan fingerprint density at radius 3 is 2.13 bits per heavy atom. The van der Waals surface area contributed by atoms with Gasteiger partial charge in [-0.2, -0.15) is 0 Å². The van der Waals surface area contributed by atoms with Crippen LogP contribution in [-0.2, 0) is 0 Å². The van der Waals surface area contributed by atoms with E-state index in [-0.39, 0.29) is 11.6 Å². The molecule has 1 fully saturated rings. The van der Waals surface area contributed by atoms with Gasteiger partial charge in [0.25, 0.3) is 0 Å². The van der Waals surface area contributed by atoms with Gasteiger partial charge in [0, 0.05) is 55.5 Å². The second-order valence-electron chi connectivity index (χ2n) is 9.70. The summed E-state index contributed by atoms with van der Waals surface area (Å²) in [5.74, 6) is -0.442. The van der Waals surface area contributed by atoms with E-state index >= 15 is 0 Å². The van der Waals surface area contributed by atoms with E-state index in [1.54, 1.807) is 0 Å². The second-order valence-corrected chi connectivity index (χ2v) is 9.70. The molecule has 1 unspecified atom stereocenters. The first-order valence-corrected chi connectivity index (χ1v) is 13.0. The molecule has 8 heteroatoms. The number of hydrogen-bond acceptors (Lipinski definition) is 5. The molecule has 0 bridgehead atoms. The summed E-state index contributed by atoms with van der Waals surface area (Å²) in [5.41, 5.74) is 5.05. The Hall–Kier alpha value is -4.64. The molecule has 6 rings (SSSR count). The third-order valence-electron chi connectivity index (χ3n) is 7.39. The van der Waals surface area contributed by atoms with Gasteiger partial charge in [0.2, 0.25) is 11.6 Å². The van der Waals surface area contributed by atoms with Crippen LogP contribution >= 0.6 is 0 Å². The minimum atomic E-state index is -0.569. The summed E-state index contributed by atoms with van der Waals surface area (Å²) in [6.07, 6.45) is 4.94. The lowest BCUT2D eigenvalue weighted by molar-refractivity contribution is 0.578. The highest BCUT2D eigenvalue weighted by Gasteiger charge is 2.25. The number of nitrogens with zero attached hydrogens (tertiary/aromatic N) is 6. The lowest BCUT2D eigenvalue weighted by Gasteiger charge is -2.36. The maximum Gasteiger partial charge on any atom is 0.225 e. The first kappa shape index (κ1) is 24.7. The lowest BCUT2D eigenvalue weighted by Crippen LogP contribution is -2.47. The maximum atomic E-state index is 14.2. The van der Waals surface area contributed by atoms with Crippen LogP contribution in [0.15, 0.2) is 84.1 Å². The molecule has 6 nitrogen and oxygen atoms in total. The molecule has 0 spiro atoms. The van der Waals surface area contributed by atoms with Crippen molar-refractivity contribution in [1.82, 2.24) is 9.97 Å². The average Bonchev–Trinajstić information content (AvgIpc) is 3.47. The van der Waals surface area contributed by atoms with Gasteiger partial charge in [-0.1, -0.05) is 48.5 Å². The van der Waals surface area contributed by atoms with Gasteiger partial charge >= 0.3 is 0 Å². The van der Waals surface area contributed by atoms with Gasteiger partial charge in [0.05, 0.1) is 18.2 Å². The average molecular weight is 521 g/mol. The van der Waals surface area contributed by atoms with Crippen LogP contribution in [-0.4, -0.2) is 41.9 Å². The summed E-state index contributed by atoms with van der Waals surface area (Å²) < 4.78 is 28.4. The Kier molecular flexibility index (Phi) is 6.72. The number of rotatable bonds is 5. The highest BCUT2D eigenvalue weighted by Crippen LogP contribution is 2.34. The van der Waals surface area contributed by atoms with Gasteiger partial charge in [-0.3, -0.25) is 4.99 Å². The molecule has 0 radical (unpaired) electrons. The summed E-state index contributed by atoms with van der Waals surface area (Å²) in [7, 11) is 0. The van der Waals surface area contributed by atoms with Gasteiger partial charge < -0.3 is 9.80 Å². The van der Waals surface area contributed by atoms with Gasteiger partial charge in [-0.25, -0.2) is 23.6 Å². The molecule has 3 heterocycles. The van der Waals surface area contributed by atoms with Crippen molar-refractivity contribution >= 4 is 23.0 Å². The number of anilines is 2. The van der Waals surface area contributed by atoms with Crippen molar-refractivity contribution in [3.8, 4) is 11.1 Å². The molecule has 0 aliphatic carbocycles. The number of aromatic nitrogens is 2. The zero-order valence-electron chi connectivity index (χ0n) is 21.3. The molecule has 2 aliphatic heterocycles. The molecule has 1 atom stereocenters. The van der Waals surface area contributed by atoms with Crippen molar-refractivity contribution in [2.75, 3.05) is 36.0 Å². The largest absolute Gasteiger partial charge is 0.377 e. The van der Waals surface area contributed by atoms with E-state index in [0.29, 0.717) is 23.8 Å². The minimum absolute atomic E-state index is 0.0107. The SMILES string of the molecule is [C-]#[N+]c1ccccc1N1CCN(c2ncc(-c3ccc(C4CCC(c5c(F)cccc5F)=N4)cc3)cn2)CC1. The molecule has 2 aliphatic rings. The van der Waals surface area contributed by atoms with E-state index in [9.17, 15) is 8.78 Å². The third kappa shape index (κ3) is 4.96. The molecule has 3 aromatic carbocycles. The van der Waals surface area contributed by atoms with Gasteiger partial charge in [0.1, 0.15) is 11.6 Å². The van der Waals surface area contributed by atoms with Gasteiger partial charge in [0.15, 0.2) is 0 Å². The Morgan fingerprint density at radius 2 is 1.44 bits per heavy atom. The summed E-state index contributed by atoms with van der Waals surface area (Å²) in [6, 6.07) is 19.6. The monoisotopic (exact) mass is 520 g/mol. The Labute approximate surface area is 226 Å². The number of piperazine rings is 1. The van der Waals surface area contributed by atoms with Gasteiger partial charge in [-0.15, -0.1) is 0 Å². The van der Waals surface area contributed by atoms with Crippen LogP contribution in [0.1, 0.15) is 30.0 Å². The van der Waals surface area contributed by atoms with Crippen molar-refractivity contribution in [3.05, 3.63) is 113 Å². The van der Waals surface area contributed by atoms with Crippen LogP contribution in [0, 0.1) is 18.2 Å². The van der Waals surface area contributed by atoms with Crippen molar-refractivity contribution in [2.45, 2.75) is 18.9 Å². The minimum Gasteiger partial charge on any atom is -0.377 e. The molecule has 4 aromatic rings. The van der Waals surface area contributed by atoms with Crippen molar-refractivity contribution in [1.29, 1.82) is 0 Å². The zero-order valence-corrected chi connectivity index (χ0v) is 21.3. The van der Waals surface area contributed by atoms with Crippen LogP contribution < -0.4 is 9.80 Å². The topological polar surface area (TPSA) is 49.0 Å². The number of aliphatic imine (C=N–C) groups is 1. The summed E-state index contributed by atoms with van der Waals surface area (Å²) in [5, 5.41) is 0. The molecule has 39 heavy (non-hydrogen) atoms. The fraction of sp³-hybridized carbons (Fsp3) is 0.226. The summed E-state index contributed by atoms with van der Waals surface area (Å²) >= 11 is 0. The quantitative estimate of drug-likeness (QED) is 0.278. The van der Waals surface area contributed by atoms with E-state index in [4.69, 9.17) is 6.57 Å². The van der Waals surface area contributed by atoms with Crippen LogP contribution in [0.25, 0.3) is 16.0 Å². The maximum absolute atomic E-state index is 14.2. The lowest BCUT2D eigenvalue weighted by atomic mass is 10.0. The predicted molar refractivity (Wildman–Crippen MR) is 149 cm³/mol.